The summed E-state index contributed by atoms with van der Waals surface area (Å²) in [6, 6.07) is 9.51. The highest BCUT2D eigenvalue weighted by atomic mass is 31.2. The van der Waals surface area contributed by atoms with E-state index in [0.717, 1.165) is 5.75 Å². The number of nitrogens with two attached hydrogens (primary N) is 2. The van der Waals surface area contributed by atoms with Crippen molar-refractivity contribution in [3.63, 3.8) is 0 Å². The first kappa shape index (κ1) is 23.2. The lowest BCUT2D eigenvalue weighted by molar-refractivity contribution is -0.0808. The number of para-hydroxylation sites is 1. The van der Waals surface area contributed by atoms with Gasteiger partial charge in [-0.05, 0) is 32.2 Å². The first-order valence-electron chi connectivity index (χ1n) is 9.46. The maximum absolute atomic E-state index is 10.8. The minimum atomic E-state index is -1.16. The average Bonchev–Trinajstić information content (AvgIpc) is 2.97. The van der Waals surface area contributed by atoms with Crippen LogP contribution in [0.1, 0.15) is 20.8 Å². The van der Waals surface area contributed by atoms with Crippen LogP contribution < -0.4 is 16.0 Å². The van der Waals surface area contributed by atoms with Gasteiger partial charge in [0.25, 0.3) is 0 Å². The first-order chi connectivity index (χ1) is 13.7. The summed E-state index contributed by atoms with van der Waals surface area (Å²) in [6.45, 7) is 15.0. The molecule has 0 spiro atoms. The van der Waals surface area contributed by atoms with Crippen LogP contribution in [0, 0.1) is 5.92 Å². The molecule has 0 aromatic heterocycles. The van der Waals surface area contributed by atoms with E-state index < -0.39 is 20.7 Å². The van der Waals surface area contributed by atoms with Crippen molar-refractivity contribution in [2.75, 3.05) is 6.66 Å². The largest absolute Gasteiger partial charge is 0.448 e. The van der Waals surface area contributed by atoms with Crippen molar-refractivity contribution in [2.24, 2.45) is 17.4 Å². The third-order valence-electron chi connectivity index (χ3n) is 4.99. The molecule has 0 radical (unpaired) electrons. The molecule has 7 nitrogen and oxygen atoms in total. The van der Waals surface area contributed by atoms with Crippen LogP contribution in [0.3, 0.4) is 0 Å². The molecule has 0 saturated carbocycles. The summed E-state index contributed by atoms with van der Waals surface area (Å²) in [7, 11) is -1.16. The van der Waals surface area contributed by atoms with Crippen molar-refractivity contribution < 1.29 is 18.9 Å². The third-order valence-corrected chi connectivity index (χ3v) is 6.09. The number of aliphatic hydroxyl groups is 1. The van der Waals surface area contributed by atoms with Gasteiger partial charge in [-0.25, -0.2) is 0 Å². The Hall–Kier alpha value is -2.05. The number of ether oxygens (including phenoxy) is 1. The Labute approximate surface area is 174 Å². The topological polar surface area (TPSA) is 103 Å². The van der Waals surface area contributed by atoms with E-state index in [1.54, 1.807) is 18.0 Å². The summed E-state index contributed by atoms with van der Waals surface area (Å²) in [6.07, 6.45) is -0.491. The summed E-state index contributed by atoms with van der Waals surface area (Å²) >= 11 is 0. The molecule has 1 aliphatic rings. The molecule has 1 saturated heterocycles. The molecule has 0 aliphatic carbocycles. The van der Waals surface area contributed by atoms with Crippen LogP contribution >= 0.6 is 8.38 Å². The highest BCUT2D eigenvalue weighted by Gasteiger charge is 2.46. The highest BCUT2D eigenvalue weighted by molar-refractivity contribution is 7.46. The average molecular weight is 421 g/mol. The van der Waals surface area contributed by atoms with Crippen molar-refractivity contribution in [3.05, 3.63) is 66.8 Å². The van der Waals surface area contributed by atoms with Gasteiger partial charge in [0.1, 0.15) is 11.9 Å². The van der Waals surface area contributed by atoms with Crippen LogP contribution in [0.2, 0.25) is 0 Å². The lowest BCUT2D eigenvalue weighted by Crippen LogP contribution is -2.39. The van der Waals surface area contributed by atoms with Crippen molar-refractivity contribution in [2.45, 2.75) is 45.3 Å². The monoisotopic (exact) mass is 421 g/mol. The number of rotatable bonds is 9. The smallest absolute Gasteiger partial charge is 0.227 e. The fourth-order valence-corrected chi connectivity index (χ4v) is 4.39. The summed E-state index contributed by atoms with van der Waals surface area (Å²) in [5.41, 5.74) is 12.9. The van der Waals surface area contributed by atoms with E-state index in [2.05, 4.69) is 13.2 Å². The lowest BCUT2D eigenvalue weighted by Gasteiger charge is -2.31. The van der Waals surface area contributed by atoms with Crippen molar-refractivity contribution in [1.82, 2.24) is 4.90 Å². The van der Waals surface area contributed by atoms with Crippen LogP contribution in [0.4, 0.5) is 0 Å². The van der Waals surface area contributed by atoms with E-state index in [0.29, 0.717) is 11.4 Å². The standard InChI is InChI=1S/C21H32N3O4P/c1-7-24(15(4)18(23)14(3)22)21-19(25)13(2)20(26-21)16(5)27-29(6)28-17-11-9-8-10-12-17/h7-13,16,19-21,25H,1,3,22-23H2,2,4-6H3/b18-15-/t13-,16+,19+,20-,21+,29+/m0/s1. The second kappa shape index (κ2) is 10.1. The predicted octanol–water partition coefficient (Wildman–Crippen LogP) is 3.24. The second-order valence-corrected chi connectivity index (χ2v) is 8.38. The summed E-state index contributed by atoms with van der Waals surface area (Å²) in [4.78, 5) is 1.68. The Balaban J connectivity index is 2.08. The molecule has 0 unspecified atom stereocenters. The molecule has 29 heavy (non-hydrogen) atoms. The Morgan fingerprint density at radius 1 is 1.34 bits per heavy atom. The molecule has 1 aliphatic heterocycles. The molecule has 160 valence electrons. The highest BCUT2D eigenvalue weighted by Crippen LogP contribution is 2.41. The van der Waals surface area contributed by atoms with E-state index in [4.69, 9.17) is 25.3 Å². The molecule has 0 amide bonds. The lowest BCUT2D eigenvalue weighted by atomic mass is 9.97. The number of hydrogen-bond donors (Lipinski definition) is 3. The number of nitrogens with zero attached hydrogens (tertiary/aromatic N) is 1. The molecule has 5 N–H and O–H groups in total. The molecule has 1 heterocycles. The zero-order chi connectivity index (χ0) is 21.7. The van der Waals surface area contributed by atoms with E-state index in [9.17, 15) is 5.11 Å². The second-order valence-electron chi connectivity index (χ2n) is 7.11. The molecule has 0 bridgehead atoms. The van der Waals surface area contributed by atoms with Gasteiger partial charge in [-0.2, -0.15) is 0 Å². The minimum Gasteiger partial charge on any atom is -0.448 e. The van der Waals surface area contributed by atoms with Crippen molar-refractivity contribution >= 4 is 8.38 Å². The van der Waals surface area contributed by atoms with Gasteiger partial charge in [0.05, 0.1) is 17.9 Å². The number of hydrogen-bond acceptors (Lipinski definition) is 7. The minimum absolute atomic E-state index is 0.173. The maximum atomic E-state index is 10.8. The van der Waals surface area contributed by atoms with Crippen molar-refractivity contribution in [3.8, 4) is 5.75 Å². The normalized spacial score (nSPS) is 26.9. The zero-order valence-electron chi connectivity index (χ0n) is 17.5. The van der Waals surface area contributed by atoms with Gasteiger partial charge in [-0.15, -0.1) is 0 Å². The van der Waals surface area contributed by atoms with Gasteiger partial charge < -0.3 is 35.3 Å². The van der Waals surface area contributed by atoms with Crippen molar-refractivity contribution in [1.29, 1.82) is 0 Å². The van der Waals surface area contributed by atoms with Gasteiger partial charge >= 0.3 is 0 Å². The van der Waals surface area contributed by atoms with Gasteiger partial charge in [0, 0.05) is 24.0 Å². The Morgan fingerprint density at radius 3 is 2.52 bits per heavy atom. The number of allylic oxidation sites excluding steroid dienone is 1. The van der Waals surface area contributed by atoms with Crippen LogP contribution in [0.5, 0.6) is 5.75 Å². The molecule has 1 aromatic rings. The molecule has 6 atom stereocenters. The van der Waals surface area contributed by atoms with E-state index in [1.165, 1.54) is 0 Å². The summed E-state index contributed by atoms with van der Waals surface area (Å²) in [5, 5.41) is 10.8. The summed E-state index contributed by atoms with van der Waals surface area (Å²) in [5.74, 6) is 0.579. The molecular weight excluding hydrogens is 389 g/mol. The van der Waals surface area contributed by atoms with Crippen LogP contribution in [-0.2, 0) is 9.26 Å². The first-order valence-corrected chi connectivity index (χ1v) is 11.1. The van der Waals surface area contributed by atoms with Gasteiger partial charge in [0.2, 0.25) is 8.38 Å². The fourth-order valence-electron chi connectivity index (χ4n) is 3.34. The van der Waals surface area contributed by atoms with Gasteiger partial charge in [0.15, 0.2) is 6.23 Å². The summed E-state index contributed by atoms with van der Waals surface area (Å²) < 4.78 is 18.1. The number of benzene rings is 1. The molecule has 1 fully saturated rings. The Morgan fingerprint density at radius 2 is 1.97 bits per heavy atom. The maximum Gasteiger partial charge on any atom is 0.227 e. The SMILES string of the molecule is C=CN(/C(C)=C(\N)C(=C)N)[C@@H]1O[C@H]([C@@H](C)O[P@@](C)Oc2ccccc2)[C@@H](C)[C@H]1O. The van der Waals surface area contributed by atoms with E-state index >= 15 is 0 Å². The third kappa shape index (κ3) is 5.52. The van der Waals surface area contributed by atoms with E-state index in [-0.39, 0.29) is 23.8 Å². The number of aliphatic hydroxyl groups excluding tert-OH is 1. The Bertz CT molecular complexity index is 743. The molecule has 2 rings (SSSR count). The predicted molar refractivity (Wildman–Crippen MR) is 117 cm³/mol. The van der Waals surface area contributed by atoms with Crippen LogP contribution in [0.15, 0.2) is 66.8 Å². The van der Waals surface area contributed by atoms with Gasteiger partial charge in [-0.1, -0.05) is 38.3 Å². The zero-order valence-corrected chi connectivity index (χ0v) is 18.4. The quantitative estimate of drug-likeness (QED) is 0.415. The molecular formula is C21H32N3O4P. The van der Waals surface area contributed by atoms with E-state index in [1.807, 2.05) is 50.8 Å². The molecule has 1 aromatic carbocycles. The molecule has 8 heteroatoms. The Kier molecular flexibility index (Phi) is 8.11. The van der Waals surface area contributed by atoms with Gasteiger partial charge in [-0.3, -0.25) is 0 Å². The van der Waals surface area contributed by atoms with Crippen LogP contribution in [-0.4, -0.2) is 41.2 Å². The fraction of sp³-hybridized carbons (Fsp3) is 0.429. The van der Waals surface area contributed by atoms with Crippen LogP contribution in [0.25, 0.3) is 0 Å².